The van der Waals surface area contributed by atoms with Crippen LogP contribution in [0.1, 0.15) is 24.8 Å². The van der Waals surface area contributed by atoms with E-state index >= 15 is 0 Å². The zero-order chi connectivity index (χ0) is 17.9. The molecule has 1 fully saturated rings. The van der Waals surface area contributed by atoms with Crippen LogP contribution in [0.3, 0.4) is 0 Å². The summed E-state index contributed by atoms with van der Waals surface area (Å²) in [4.78, 5) is 18.8. The van der Waals surface area contributed by atoms with E-state index in [0.717, 1.165) is 42.7 Å². The molecule has 0 aliphatic carbocycles. The number of pyridine rings is 1. The smallest absolute Gasteiger partial charge is 0.237 e. The molecular formula is C21H25N3O2. The number of likely N-dealkylation sites (tertiary alicyclic amines) is 1. The zero-order valence-electron chi connectivity index (χ0n) is 15.1. The van der Waals surface area contributed by atoms with E-state index in [1.165, 1.54) is 12.0 Å². The first kappa shape index (κ1) is 17.0. The van der Waals surface area contributed by atoms with Gasteiger partial charge in [-0.3, -0.25) is 14.7 Å². The van der Waals surface area contributed by atoms with Crippen LogP contribution in [0.25, 0.3) is 11.1 Å². The highest BCUT2D eigenvalue weighted by atomic mass is 16.5. The third-order valence-electron chi connectivity index (χ3n) is 5.40. The first-order chi connectivity index (χ1) is 12.7. The second-order valence-electron chi connectivity index (χ2n) is 7.21. The fourth-order valence-electron chi connectivity index (χ4n) is 3.95. The molecule has 0 bridgehead atoms. The Hall–Kier alpha value is -2.40. The van der Waals surface area contributed by atoms with Crippen molar-refractivity contribution in [3.63, 3.8) is 0 Å². The van der Waals surface area contributed by atoms with E-state index in [-0.39, 0.29) is 18.1 Å². The van der Waals surface area contributed by atoms with Crippen molar-refractivity contribution >= 4 is 5.91 Å². The molecule has 3 heterocycles. The number of nitrogens with zero attached hydrogens (tertiary/aromatic N) is 2. The van der Waals surface area contributed by atoms with Crippen LogP contribution in [0.4, 0.5) is 0 Å². The molecular weight excluding hydrogens is 326 g/mol. The fourth-order valence-corrected chi connectivity index (χ4v) is 3.95. The molecule has 0 unspecified atom stereocenters. The summed E-state index contributed by atoms with van der Waals surface area (Å²) in [5, 5.41) is 3.10. The van der Waals surface area contributed by atoms with E-state index in [1.807, 2.05) is 19.2 Å². The van der Waals surface area contributed by atoms with Crippen LogP contribution in [-0.2, 0) is 11.2 Å². The Morgan fingerprint density at radius 1 is 1.27 bits per heavy atom. The van der Waals surface area contributed by atoms with Gasteiger partial charge in [-0.05, 0) is 49.7 Å². The number of hydrogen-bond acceptors (Lipinski definition) is 4. The highest BCUT2D eigenvalue weighted by Crippen LogP contribution is 2.38. The molecule has 0 spiro atoms. The molecule has 2 aliphatic heterocycles. The molecule has 5 nitrogen and oxygen atoms in total. The summed E-state index contributed by atoms with van der Waals surface area (Å²) >= 11 is 0. The maximum absolute atomic E-state index is 12.5. The summed E-state index contributed by atoms with van der Waals surface area (Å²) in [5.41, 5.74) is 3.39. The van der Waals surface area contributed by atoms with E-state index in [0.29, 0.717) is 6.54 Å². The standard InChI is InChI=1S/C21H25N3O2/c1-24-12-3-2-7-19(24)21(25)23-14-17-13-16-5-4-6-18(20(16)26-17)15-8-10-22-11-9-15/h4-6,8-11,17,19H,2-3,7,12-14H2,1H3,(H,23,25)/t17-,19+/m1/s1. The molecule has 1 aromatic carbocycles. The highest BCUT2D eigenvalue weighted by Gasteiger charge is 2.29. The number of carbonyl (C=O) groups is 1. The molecule has 1 amide bonds. The minimum absolute atomic E-state index is 0.0000851. The van der Waals surface area contributed by atoms with Gasteiger partial charge in [-0.1, -0.05) is 24.6 Å². The maximum Gasteiger partial charge on any atom is 0.237 e. The van der Waals surface area contributed by atoms with Crippen molar-refractivity contribution in [2.75, 3.05) is 20.1 Å². The van der Waals surface area contributed by atoms with E-state index in [9.17, 15) is 4.79 Å². The van der Waals surface area contributed by atoms with Gasteiger partial charge in [0.1, 0.15) is 11.9 Å². The Morgan fingerprint density at radius 2 is 2.12 bits per heavy atom. The van der Waals surface area contributed by atoms with Gasteiger partial charge in [0, 0.05) is 24.4 Å². The largest absolute Gasteiger partial charge is 0.487 e. The summed E-state index contributed by atoms with van der Waals surface area (Å²) in [6.45, 7) is 1.55. The molecule has 136 valence electrons. The quantitative estimate of drug-likeness (QED) is 0.920. The summed E-state index contributed by atoms with van der Waals surface area (Å²) in [6, 6.07) is 10.2. The summed E-state index contributed by atoms with van der Waals surface area (Å²) in [5.74, 6) is 1.06. The number of nitrogens with one attached hydrogen (secondary N) is 1. The number of para-hydroxylation sites is 1. The van der Waals surface area contributed by atoms with E-state index in [1.54, 1.807) is 12.4 Å². The molecule has 26 heavy (non-hydrogen) atoms. The first-order valence-electron chi connectivity index (χ1n) is 9.39. The van der Waals surface area contributed by atoms with Gasteiger partial charge >= 0.3 is 0 Å². The average Bonchev–Trinajstić information content (AvgIpc) is 3.10. The first-order valence-corrected chi connectivity index (χ1v) is 9.39. The fraction of sp³-hybridized carbons (Fsp3) is 0.429. The monoisotopic (exact) mass is 351 g/mol. The summed E-state index contributed by atoms with van der Waals surface area (Å²) in [7, 11) is 2.03. The molecule has 5 heteroatoms. The molecule has 2 aliphatic rings. The number of benzene rings is 1. The Labute approximate surface area is 154 Å². The number of amides is 1. The van der Waals surface area contributed by atoms with Crippen LogP contribution >= 0.6 is 0 Å². The van der Waals surface area contributed by atoms with Crippen LogP contribution in [0.2, 0.25) is 0 Å². The van der Waals surface area contributed by atoms with Crippen molar-refractivity contribution in [1.29, 1.82) is 0 Å². The van der Waals surface area contributed by atoms with Crippen LogP contribution in [-0.4, -0.2) is 48.1 Å². The Bertz CT molecular complexity index is 778. The van der Waals surface area contributed by atoms with Crippen LogP contribution < -0.4 is 10.1 Å². The van der Waals surface area contributed by atoms with E-state index in [2.05, 4.69) is 33.4 Å². The number of ether oxygens (including phenoxy) is 1. The van der Waals surface area contributed by atoms with E-state index < -0.39 is 0 Å². The maximum atomic E-state index is 12.5. The Morgan fingerprint density at radius 3 is 2.92 bits per heavy atom. The number of fused-ring (bicyclic) bond motifs is 1. The lowest BCUT2D eigenvalue weighted by Crippen LogP contribution is -2.49. The van der Waals surface area contributed by atoms with Crippen molar-refractivity contribution in [3.05, 3.63) is 48.3 Å². The normalized spacial score (nSPS) is 22.5. The second-order valence-corrected chi connectivity index (χ2v) is 7.21. The lowest BCUT2D eigenvalue weighted by molar-refractivity contribution is -0.127. The van der Waals surface area contributed by atoms with Crippen molar-refractivity contribution in [3.8, 4) is 16.9 Å². The predicted molar refractivity (Wildman–Crippen MR) is 101 cm³/mol. The van der Waals surface area contributed by atoms with Crippen molar-refractivity contribution in [1.82, 2.24) is 15.2 Å². The van der Waals surface area contributed by atoms with Crippen LogP contribution in [0.5, 0.6) is 5.75 Å². The van der Waals surface area contributed by atoms with Crippen molar-refractivity contribution in [2.24, 2.45) is 0 Å². The minimum atomic E-state index is -0.00849. The number of hydrogen-bond donors (Lipinski definition) is 1. The third-order valence-corrected chi connectivity index (χ3v) is 5.40. The molecule has 2 atom stereocenters. The van der Waals surface area contributed by atoms with Crippen LogP contribution in [0, 0.1) is 0 Å². The second kappa shape index (κ2) is 7.46. The Kier molecular flexibility index (Phi) is 4.89. The van der Waals surface area contributed by atoms with Crippen molar-refractivity contribution in [2.45, 2.75) is 37.8 Å². The summed E-state index contributed by atoms with van der Waals surface area (Å²) in [6.07, 6.45) is 7.66. The topological polar surface area (TPSA) is 54.5 Å². The molecule has 1 saturated heterocycles. The SMILES string of the molecule is CN1CCCC[C@H]1C(=O)NC[C@H]1Cc2cccc(-c3ccncc3)c2O1. The number of carbonyl (C=O) groups excluding carboxylic acids is 1. The van der Waals surface area contributed by atoms with Gasteiger partial charge in [0.2, 0.25) is 5.91 Å². The number of aromatic nitrogens is 1. The number of likely N-dealkylation sites (N-methyl/N-ethyl adjacent to an activating group) is 1. The minimum Gasteiger partial charge on any atom is -0.487 e. The van der Waals surface area contributed by atoms with Gasteiger partial charge in [-0.2, -0.15) is 0 Å². The van der Waals surface area contributed by atoms with Gasteiger partial charge < -0.3 is 10.1 Å². The predicted octanol–water partition coefficient (Wildman–Crippen LogP) is 2.65. The lowest BCUT2D eigenvalue weighted by Gasteiger charge is -2.31. The van der Waals surface area contributed by atoms with Crippen molar-refractivity contribution < 1.29 is 9.53 Å². The van der Waals surface area contributed by atoms with Gasteiger partial charge in [-0.25, -0.2) is 0 Å². The van der Waals surface area contributed by atoms with E-state index in [4.69, 9.17) is 4.74 Å². The molecule has 0 saturated carbocycles. The number of rotatable bonds is 4. The zero-order valence-corrected chi connectivity index (χ0v) is 15.1. The van der Waals surface area contributed by atoms with Crippen LogP contribution in [0.15, 0.2) is 42.7 Å². The summed E-state index contributed by atoms with van der Waals surface area (Å²) < 4.78 is 6.21. The molecule has 1 N–H and O–H groups in total. The van der Waals surface area contributed by atoms with Gasteiger partial charge in [0.15, 0.2) is 0 Å². The van der Waals surface area contributed by atoms with Gasteiger partial charge in [-0.15, -0.1) is 0 Å². The molecule has 2 aromatic rings. The van der Waals surface area contributed by atoms with Gasteiger partial charge in [0.25, 0.3) is 0 Å². The van der Waals surface area contributed by atoms with Gasteiger partial charge in [0.05, 0.1) is 12.6 Å². The molecule has 1 aromatic heterocycles. The molecule has 0 radical (unpaired) electrons. The average molecular weight is 351 g/mol. The lowest BCUT2D eigenvalue weighted by atomic mass is 10.0. The number of piperidine rings is 1. The molecule has 4 rings (SSSR count). The Balaban J connectivity index is 1.41. The third kappa shape index (κ3) is 3.44. The highest BCUT2D eigenvalue weighted by molar-refractivity contribution is 5.81.